The minimum atomic E-state index is -0.373. The fourth-order valence-electron chi connectivity index (χ4n) is 9.36. The molecule has 0 heterocycles. The van der Waals surface area contributed by atoms with Crippen LogP contribution in [0.15, 0.2) is 170 Å². The van der Waals surface area contributed by atoms with Crippen molar-refractivity contribution in [3.05, 3.63) is 231 Å². The molecular formula is C82H124N14O10. The van der Waals surface area contributed by atoms with Gasteiger partial charge in [0.15, 0.2) is 0 Å². The minimum absolute atomic E-state index is 0.124. The van der Waals surface area contributed by atoms with Crippen molar-refractivity contribution in [1.82, 2.24) is 26.6 Å². The first kappa shape index (κ1) is 92.9. The van der Waals surface area contributed by atoms with Gasteiger partial charge in [0.05, 0.1) is 52.9 Å². The van der Waals surface area contributed by atoms with Crippen molar-refractivity contribution in [1.29, 1.82) is 0 Å². The molecule has 24 nitrogen and oxygen atoms in total. The summed E-state index contributed by atoms with van der Waals surface area (Å²) in [6.45, 7) is 17.1. The predicted molar refractivity (Wildman–Crippen MR) is 427 cm³/mol. The van der Waals surface area contributed by atoms with Gasteiger partial charge in [-0.2, -0.15) is 0 Å². The second-order valence-electron chi connectivity index (χ2n) is 25.0. The topological polar surface area (TPSA) is 426 Å². The molecule has 0 unspecified atom stereocenters. The number of esters is 5. The summed E-state index contributed by atoms with van der Waals surface area (Å²) in [6.07, 6.45) is 6.49. The standard InChI is InChI=1S/C29H44N4O4.C15H24N2O2.C12H18N2O2.C11H16N2O2.C8H12N2.C7H10N2/c1-3-29(4-2,21-36-27(34)13-15-32-19-25-9-5-23(17-30)6-10-25)22-37-28(35)14-16-33-20-26-11-7-24(18-31)8-12-26;1-2-3-4-11-19-15(18)9-10-17-12-13-5-7-14(16)8-6-13;1-16-12(15)6-7-14-9-11-4-2-10(8-13)3-5-11;1-15-11(14)6-7-13-8-9-2-4-10(12)5-3-9;9-5-7-1-2-8(6-10)4-3-7;8-5-6-1-3-7(9)4-2-6/h5-12,32-33H,3-4,13-22,30-31H2,1-2H3;5-8,17H,2-4,9-12,16H2,1H3;2-5,14H,6-9,13H2,1H3;2-5,13H,6-8,12H2,1H3;1-4H,5-6,9-10H2;1-4H,5,8-9H2. The summed E-state index contributed by atoms with van der Waals surface area (Å²) in [5, 5.41) is 16.1. The number of anilines is 3. The monoisotopic (exact) mass is 1460 g/mol. The van der Waals surface area contributed by atoms with Crippen LogP contribution >= 0.6 is 0 Å². The number of unbranched alkanes of at least 4 members (excludes halogenated alkanes) is 2. The number of nitrogens with two attached hydrogens (primary N) is 9. The van der Waals surface area contributed by atoms with E-state index in [1.807, 2.05) is 184 Å². The van der Waals surface area contributed by atoms with Crippen LogP contribution in [0, 0.1) is 5.41 Å². The molecule has 106 heavy (non-hydrogen) atoms. The number of nitrogens with one attached hydrogen (secondary N) is 5. The Morgan fingerprint density at radius 1 is 0.302 bits per heavy atom. The number of hydrogen-bond acceptors (Lipinski definition) is 24. The maximum Gasteiger partial charge on any atom is 0.307 e. The molecule has 0 bridgehead atoms. The van der Waals surface area contributed by atoms with Crippen molar-refractivity contribution in [2.45, 2.75) is 157 Å². The van der Waals surface area contributed by atoms with E-state index in [2.05, 4.69) is 43.0 Å². The first-order valence-corrected chi connectivity index (χ1v) is 36.5. The molecule has 7 aromatic carbocycles. The van der Waals surface area contributed by atoms with Crippen molar-refractivity contribution in [2.24, 2.45) is 39.8 Å². The molecule has 0 spiro atoms. The Hall–Kier alpha value is -9.15. The van der Waals surface area contributed by atoms with Gasteiger partial charge in [-0.15, -0.1) is 0 Å². The van der Waals surface area contributed by atoms with Crippen molar-refractivity contribution < 1.29 is 47.7 Å². The first-order chi connectivity index (χ1) is 51.3. The van der Waals surface area contributed by atoms with E-state index >= 15 is 0 Å². The lowest BCUT2D eigenvalue weighted by atomic mass is 9.84. The lowest BCUT2D eigenvalue weighted by Crippen LogP contribution is -2.34. The summed E-state index contributed by atoms with van der Waals surface area (Å²) in [5.41, 5.74) is 64.0. The Morgan fingerprint density at radius 3 is 0.726 bits per heavy atom. The molecule has 0 saturated heterocycles. The van der Waals surface area contributed by atoms with Crippen molar-refractivity contribution in [2.75, 3.05) is 84.0 Å². The summed E-state index contributed by atoms with van der Waals surface area (Å²) in [6, 6.07) is 55.1. The number of hydrogen-bond donors (Lipinski definition) is 14. The number of benzene rings is 7. The first-order valence-electron chi connectivity index (χ1n) is 36.5. The smallest absolute Gasteiger partial charge is 0.307 e. The van der Waals surface area contributed by atoms with E-state index in [0.717, 1.165) is 124 Å². The van der Waals surface area contributed by atoms with E-state index in [4.69, 9.17) is 65.8 Å². The Kier molecular flexibility index (Phi) is 51.8. The molecule has 0 saturated carbocycles. The van der Waals surface area contributed by atoms with Gasteiger partial charge in [-0.3, -0.25) is 24.0 Å². The van der Waals surface area contributed by atoms with Gasteiger partial charge < -0.3 is 102 Å². The summed E-state index contributed by atoms with van der Waals surface area (Å²) in [4.78, 5) is 57.6. The molecule has 582 valence electrons. The Morgan fingerprint density at radius 2 is 0.509 bits per heavy atom. The van der Waals surface area contributed by atoms with Crippen LogP contribution in [0.5, 0.6) is 0 Å². The van der Waals surface area contributed by atoms with Crippen LogP contribution in [0.1, 0.15) is 146 Å². The van der Waals surface area contributed by atoms with E-state index in [-0.39, 0.29) is 61.3 Å². The molecule has 7 rings (SSSR count). The van der Waals surface area contributed by atoms with Crippen molar-refractivity contribution >= 4 is 46.9 Å². The lowest BCUT2D eigenvalue weighted by molar-refractivity contribution is -0.154. The minimum Gasteiger partial charge on any atom is -0.469 e. The maximum atomic E-state index is 12.3. The van der Waals surface area contributed by atoms with E-state index < -0.39 is 0 Å². The molecule has 23 N–H and O–H groups in total. The molecule has 0 aliphatic rings. The highest BCUT2D eigenvalue weighted by Crippen LogP contribution is 2.28. The van der Waals surface area contributed by atoms with Gasteiger partial charge in [-0.25, -0.2) is 0 Å². The fraction of sp³-hybridized carbons (Fsp3) is 0.427. The number of ether oxygens (including phenoxy) is 5. The number of nitrogen functional groups attached to an aromatic ring is 3. The quantitative estimate of drug-likeness (QED) is 0.00737. The molecular weight excluding hydrogens is 1340 g/mol. The third kappa shape index (κ3) is 45.3. The molecule has 7 aromatic rings. The van der Waals surface area contributed by atoms with Crippen LogP contribution in [-0.2, 0) is 120 Å². The van der Waals surface area contributed by atoms with E-state index in [1.54, 1.807) is 0 Å². The predicted octanol–water partition coefficient (Wildman–Crippen LogP) is 8.69. The largest absolute Gasteiger partial charge is 0.469 e. The van der Waals surface area contributed by atoms with Gasteiger partial charge in [0, 0.05) is 127 Å². The van der Waals surface area contributed by atoms with Gasteiger partial charge >= 0.3 is 29.8 Å². The van der Waals surface area contributed by atoms with Crippen LogP contribution in [0.3, 0.4) is 0 Å². The molecule has 0 fully saturated rings. The highest BCUT2D eigenvalue weighted by Gasteiger charge is 2.30. The zero-order valence-corrected chi connectivity index (χ0v) is 63.5. The van der Waals surface area contributed by atoms with Crippen LogP contribution in [0.25, 0.3) is 0 Å². The van der Waals surface area contributed by atoms with E-state index in [1.165, 1.54) is 19.8 Å². The summed E-state index contributed by atoms with van der Waals surface area (Å²) in [7, 11) is 2.79. The Balaban J connectivity index is 0.000000467. The number of rotatable bonds is 41. The molecule has 0 radical (unpaired) electrons. The maximum absolute atomic E-state index is 12.3. The highest BCUT2D eigenvalue weighted by molar-refractivity contribution is 5.71. The van der Waals surface area contributed by atoms with E-state index in [9.17, 15) is 24.0 Å². The normalized spacial score (nSPS) is 10.5. The Bertz CT molecular complexity index is 3310. The average Bonchev–Trinajstić information content (AvgIpc) is 0.877. The van der Waals surface area contributed by atoms with Gasteiger partial charge in [0.2, 0.25) is 0 Å². The van der Waals surface area contributed by atoms with Gasteiger partial charge in [-0.1, -0.05) is 167 Å². The van der Waals surface area contributed by atoms with E-state index in [0.29, 0.717) is 111 Å². The molecule has 0 aliphatic heterocycles. The number of carbonyl (C=O) groups excluding carboxylic acids is 5. The van der Waals surface area contributed by atoms with Crippen LogP contribution in [0.2, 0.25) is 0 Å². The zero-order chi connectivity index (χ0) is 77.8. The van der Waals surface area contributed by atoms with Gasteiger partial charge in [0.1, 0.15) is 13.2 Å². The summed E-state index contributed by atoms with van der Waals surface area (Å²) in [5.74, 6) is -1.02. The second-order valence-corrected chi connectivity index (χ2v) is 25.0. The zero-order valence-electron chi connectivity index (χ0n) is 63.5. The average molecular weight is 1470 g/mol. The molecule has 0 aliphatic carbocycles. The van der Waals surface area contributed by atoms with Crippen LogP contribution in [0.4, 0.5) is 17.1 Å². The third-order valence-electron chi connectivity index (χ3n) is 16.7. The summed E-state index contributed by atoms with van der Waals surface area (Å²) >= 11 is 0. The molecule has 0 atom stereocenters. The van der Waals surface area contributed by atoms with Gasteiger partial charge in [0.25, 0.3) is 0 Å². The number of methoxy groups -OCH3 is 2. The fourth-order valence-corrected chi connectivity index (χ4v) is 9.36. The molecule has 24 heteroatoms. The second kappa shape index (κ2) is 59.0. The Labute approximate surface area is 630 Å². The van der Waals surface area contributed by atoms with Crippen LogP contribution < -0.4 is 78.2 Å². The SMILES string of the molecule is CCC(CC)(COC(=O)CCNCc1ccc(CN)cc1)COC(=O)CCNCc1ccc(CN)cc1.CCCCCOC(=O)CCNCc1ccc(N)cc1.COC(=O)CCNCc1ccc(CN)cc1.COC(=O)CCNCc1ccc(N)cc1.NCc1ccc(CN)cc1.NCc1ccc(N)cc1. The third-order valence-corrected chi connectivity index (χ3v) is 16.7. The van der Waals surface area contributed by atoms with Crippen molar-refractivity contribution in [3.8, 4) is 0 Å². The highest BCUT2D eigenvalue weighted by atomic mass is 16.6. The van der Waals surface area contributed by atoms with Crippen molar-refractivity contribution in [3.63, 3.8) is 0 Å². The van der Waals surface area contributed by atoms with Crippen LogP contribution in [-0.4, -0.2) is 96.6 Å². The molecule has 0 aromatic heterocycles. The molecule has 0 amide bonds. The number of carbonyl (C=O) groups is 5. The van der Waals surface area contributed by atoms with Gasteiger partial charge in [-0.05, 0) is 117 Å². The summed E-state index contributed by atoms with van der Waals surface area (Å²) < 4.78 is 25.3. The lowest BCUT2D eigenvalue weighted by Gasteiger charge is -2.30.